The van der Waals surface area contributed by atoms with E-state index >= 15 is 0 Å². The molecule has 5 heteroatoms. The zero-order chi connectivity index (χ0) is 17.3. The average Bonchev–Trinajstić information content (AvgIpc) is 3.45. The first-order chi connectivity index (χ1) is 12.1. The third-order valence-electron chi connectivity index (χ3n) is 5.91. The highest BCUT2D eigenvalue weighted by atomic mass is 19.1. The molecule has 1 aliphatic carbocycles. The molecule has 0 aromatic heterocycles. The lowest BCUT2D eigenvalue weighted by Gasteiger charge is -2.48. The summed E-state index contributed by atoms with van der Waals surface area (Å²) >= 11 is 0. The second kappa shape index (κ2) is 6.94. The molecule has 25 heavy (non-hydrogen) atoms. The van der Waals surface area contributed by atoms with Crippen LogP contribution in [-0.2, 0) is 4.79 Å². The Balaban J connectivity index is 1.30. The summed E-state index contributed by atoms with van der Waals surface area (Å²) in [5.74, 6) is 0.846. The Bertz CT molecular complexity index is 617. The number of amides is 1. The minimum atomic E-state index is -0.239. The van der Waals surface area contributed by atoms with Gasteiger partial charge in [-0.25, -0.2) is 4.39 Å². The number of benzene rings is 1. The van der Waals surface area contributed by atoms with Gasteiger partial charge in [0.15, 0.2) is 0 Å². The summed E-state index contributed by atoms with van der Waals surface area (Å²) in [4.78, 5) is 16.9. The quantitative estimate of drug-likeness (QED) is 0.821. The first kappa shape index (κ1) is 16.8. The van der Waals surface area contributed by atoms with Crippen molar-refractivity contribution in [2.45, 2.75) is 44.6 Å². The normalized spacial score (nSPS) is 27.7. The Kier molecular flexibility index (Phi) is 4.67. The van der Waals surface area contributed by atoms with Crippen LogP contribution in [0.3, 0.4) is 0 Å². The van der Waals surface area contributed by atoms with Gasteiger partial charge in [0.1, 0.15) is 18.2 Å². The molecule has 3 aliphatic rings. The van der Waals surface area contributed by atoms with Gasteiger partial charge < -0.3 is 9.64 Å². The number of halogens is 1. The van der Waals surface area contributed by atoms with E-state index in [9.17, 15) is 9.18 Å². The topological polar surface area (TPSA) is 32.8 Å². The van der Waals surface area contributed by atoms with Gasteiger partial charge in [-0.05, 0) is 62.9 Å². The van der Waals surface area contributed by atoms with Crippen molar-refractivity contribution < 1.29 is 13.9 Å². The third kappa shape index (κ3) is 3.97. The number of hydrogen-bond acceptors (Lipinski definition) is 3. The van der Waals surface area contributed by atoms with Crippen molar-refractivity contribution in [3.05, 3.63) is 30.1 Å². The number of carbonyl (C=O) groups is 1. The van der Waals surface area contributed by atoms with Crippen molar-refractivity contribution >= 4 is 5.91 Å². The molecule has 0 N–H and O–H groups in total. The van der Waals surface area contributed by atoms with Crippen LogP contribution < -0.4 is 4.74 Å². The second-order valence-corrected chi connectivity index (χ2v) is 7.93. The summed E-state index contributed by atoms with van der Waals surface area (Å²) in [5, 5.41) is 0. The van der Waals surface area contributed by atoms with E-state index in [0.29, 0.717) is 18.6 Å². The molecule has 4 rings (SSSR count). The molecule has 4 nitrogen and oxygen atoms in total. The van der Waals surface area contributed by atoms with E-state index in [0.717, 1.165) is 44.8 Å². The lowest BCUT2D eigenvalue weighted by molar-refractivity contribution is -0.140. The summed E-state index contributed by atoms with van der Waals surface area (Å²) in [6.45, 7) is 4.62. The number of hydrogen-bond donors (Lipinski definition) is 0. The molecule has 0 bridgehead atoms. The number of likely N-dealkylation sites (tertiary alicyclic amines) is 2. The van der Waals surface area contributed by atoms with E-state index in [2.05, 4.69) is 9.80 Å². The van der Waals surface area contributed by atoms with Crippen LogP contribution in [0.2, 0.25) is 0 Å². The molecule has 1 saturated carbocycles. The Morgan fingerprint density at radius 1 is 1.16 bits per heavy atom. The summed E-state index contributed by atoms with van der Waals surface area (Å²) in [7, 11) is 0. The molecule has 1 aromatic carbocycles. The molecule has 1 aromatic rings. The molecule has 3 fully saturated rings. The van der Waals surface area contributed by atoms with E-state index in [1.165, 1.54) is 37.8 Å². The summed E-state index contributed by atoms with van der Waals surface area (Å²) in [6, 6.07) is 6.73. The van der Waals surface area contributed by atoms with Gasteiger partial charge in [0.05, 0.1) is 0 Å². The lowest BCUT2D eigenvalue weighted by Crippen LogP contribution is -2.55. The number of carbonyl (C=O) groups excluding carboxylic acids is 1. The summed E-state index contributed by atoms with van der Waals surface area (Å²) < 4.78 is 18.7. The maximum absolute atomic E-state index is 12.9. The van der Waals surface area contributed by atoms with Crippen LogP contribution in [0.4, 0.5) is 4.39 Å². The predicted octanol–water partition coefficient (Wildman–Crippen LogP) is 3.07. The van der Waals surface area contributed by atoms with E-state index in [1.807, 2.05) is 0 Å². The van der Waals surface area contributed by atoms with Gasteiger partial charge in [-0.3, -0.25) is 9.69 Å². The summed E-state index contributed by atoms with van der Waals surface area (Å²) in [6.07, 6.45) is 6.57. The first-order valence-corrected chi connectivity index (χ1v) is 9.54. The highest BCUT2D eigenvalue weighted by molar-refractivity contribution is 5.78. The van der Waals surface area contributed by atoms with Crippen molar-refractivity contribution in [3.63, 3.8) is 0 Å². The van der Waals surface area contributed by atoms with E-state index in [-0.39, 0.29) is 11.2 Å². The molecular formula is C20H27FN2O2. The molecule has 2 heterocycles. The van der Waals surface area contributed by atoms with E-state index < -0.39 is 0 Å². The molecule has 1 atom stereocenters. The highest BCUT2D eigenvalue weighted by Gasteiger charge is 2.45. The smallest absolute Gasteiger partial charge is 0.222 e. The summed E-state index contributed by atoms with van der Waals surface area (Å²) in [5.41, 5.74) is 0.282. The van der Waals surface area contributed by atoms with Crippen LogP contribution in [0.5, 0.6) is 5.75 Å². The number of nitrogens with zero attached hydrogens (tertiary/aromatic N) is 2. The maximum atomic E-state index is 12.9. The Hall–Kier alpha value is -1.62. The van der Waals surface area contributed by atoms with Gasteiger partial charge >= 0.3 is 0 Å². The fourth-order valence-corrected chi connectivity index (χ4v) is 4.42. The zero-order valence-electron chi connectivity index (χ0n) is 14.8. The fraction of sp³-hybridized carbons (Fsp3) is 0.650. The molecule has 1 amide bonds. The molecule has 0 radical (unpaired) electrons. The van der Waals surface area contributed by atoms with Crippen molar-refractivity contribution in [1.82, 2.24) is 9.80 Å². The molecule has 136 valence electrons. The van der Waals surface area contributed by atoms with Crippen molar-refractivity contribution in [3.8, 4) is 5.75 Å². The monoisotopic (exact) mass is 346 g/mol. The van der Waals surface area contributed by atoms with Gasteiger partial charge in [-0.2, -0.15) is 0 Å². The van der Waals surface area contributed by atoms with Crippen molar-refractivity contribution in [2.75, 3.05) is 32.8 Å². The van der Waals surface area contributed by atoms with Crippen LogP contribution >= 0.6 is 0 Å². The fourth-order valence-electron chi connectivity index (χ4n) is 4.42. The predicted molar refractivity (Wildman–Crippen MR) is 94.0 cm³/mol. The largest absolute Gasteiger partial charge is 0.492 e. The minimum Gasteiger partial charge on any atom is -0.492 e. The van der Waals surface area contributed by atoms with Crippen molar-refractivity contribution in [2.24, 2.45) is 5.41 Å². The Morgan fingerprint density at radius 3 is 2.72 bits per heavy atom. The van der Waals surface area contributed by atoms with Crippen LogP contribution in [0.15, 0.2) is 24.3 Å². The van der Waals surface area contributed by atoms with Crippen LogP contribution in [0.25, 0.3) is 0 Å². The second-order valence-electron chi connectivity index (χ2n) is 7.93. The Labute approximate surface area is 148 Å². The molecule has 2 aliphatic heterocycles. The zero-order valence-corrected chi connectivity index (χ0v) is 14.8. The van der Waals surface area contributed by atoms with Gasteiger partial charge in [0, 0.05) is 37.5 Å². The molecular weight excluding hydrogens is 319 g/mol. The number of rotatable bonds is 5. The highest BCUT2D eigenvalue weighted by Crippen LogP contribution is 2.42. The number of ether oxygens (including phenoxy) is 1. The van der Waals surface area contributed by atoms with E-state index in [4.69, 9.17) is 4.74 Å². The number of piperidine rings is 2. The van der Waals surface area contributed by atoms with Gasteiger partial charge in [-0.15, -0.1) is 0 Å². The van der Waals surface area contributed by atoms with Crippen molar-refractivity contribution in [1.29, 1.82) is 0 Å². The molecule has 1 unspecified atom stereocenters. The van der Waals surface area contributed by atoms with Gasteiger partial charge in [-0.1, -0.05) is 0 Å². The maximum Gasteiger partial charge on any atom is 0.222 e. The van der Waals surface area contributed by atoms with Gasteiger partial charge in [0.25, 0.3) is 0 Å². The lowest BCUT2D eigenvalue weighted by atomic mass is 9.73. The van der Waals surface area contributed by atoms with Crippen LogP contribution in [-0.4, -0.2) is 54.5 Å². The standard InChI is InChI=1S/C20H27FN2O2/c21-16-2-6-18(7-3-16)25-13-12-22-11-1-9-20(14-22)10-8-19(24)23(15-20)17-4-5-17/h2-3,6-7,17H,1,4-5,8-15H2. The molecule has 2 saturated heterocycles. The Morgan fingerprint density at radius 2 is 1.96 bits per heavy atom. The molecule has 1 spiro atoms. The first-order valence-electron chi connectivity index (χ1n) is 9.54. The van der Waals surface area contributed by atoms with Gasteiger partial charge in [0.2, 0.25) is 5.91 Å². The minimum absolute atomic E-state index is 0.239. The van der Waals surface area contributed by atoms with Crippen LogP contribution in [0, 0.1) is 11.2 Å². The SMILES string of the molecule is O=C1CCC2(CCCN(CCOc3ccc(F)cc3)C2)CN1C1CC1. The third-order valence-corrected chi connectivity index (χ3v) is 5.91. The van der Waals surface area contributed by atoms with E-state index in [1.54, 1.807) is 12.1 Å². The average molecular weight is 346 g/mol. The van der Waals surface area contributed by atoms with Crippen LogP contribution in [0.1, 0.15) is 38.5 Å².